The summed E-state index contributed by atoms with van der Waals surface area (Å²) >= 11 is 0. The van der Waals surface area contributed by atoms with Gasteiger partial charge in [-0.15, -0.1) is 10.2 Å². The van der Waals surface area contributed by atoms with Gasteiger partial charge in [0.05, 0.1) is 23.5 Å². The van der Waals surface area contributed by atoms with Gasteiger partial charge in [-0.3, -0.25) is 4.79 Å². The molecule has 2 aromatic carbocycles. The van der Waals surface area contributed by atoms with E-state index in [1.54, 1.807) is 24.3 Å². The highest BCUT2D eigenvalue weighted by molar-refractivity contribution is 5.92. The summed E-state index contributed by atoms with van der Waals surface area (Å²) in [6, 6.07) is 11.4. The fraction of sp³-hybridized carbons (Fsp3) is 0.0625. The van der Waals surface area contributed by atoms with E-state index in [0.29, 0.717) is 5.69 Å². The topological polar surface area (TPSA) is 116 Å². The van der Waals surface area contributed by atoms with Gasteiger partial charge in [0.25, 0.3) is 0 Å². The van der Waals surface area contributed by atoms with Gasteiger partial charge in [-0.2, -0.15) is 0 Å². The van der Waals surface area contributed by atoms with Gasteiger partial charge in [0.1, 0.15) is 18.5 Å². The minimum absolute atomic E-state index is 0.0540. The van der Waals surface area contributed by atoms with Gasteiger partial charge in [0.15, 0.2) is 0 Å². The van der Waals surface area contributed by atoms with Crippen molar-refractivity contribution in [1.29, 1.82) is 0 Å². The first-order valence-electron chi connectivity index (χ1n) is 7.84. The molecular formula is C16H12FN9O. The lowest BCUT2D eigenvalue weighted by Gasteiger charge is -2.09. The van der Waals surface area contributed by atoms with Crippen molar-refractivity contribution < 1.29 is 9.18 Å². The van der Waals surface area contributed by atoms with Gasteiger partial charge in [-0.1, -0.05) is 12.1 Å². The Morgan fingerprint density at radius 2 is 1.56 bits per heavy atom. The molecule has 1 amide bonds. The van der Waals surface area contributed by atoms with E-state index in [0.717, 1.165) is 11.3 Å². The molecule has 0 unspecified atom stereocenters. The Kier molecular flexibility index (Phi) is 4.31. The van der Waals surface area contributed by atoms with Crippen LogP contribution in [0.3, 0.4) is 0 Å². The molecule has 0 aliphatic carbocycles. The molecule has 4 rings (SSSR count). The maximum absolute atomic E-state index is 14.0. The van der Waals surface area contributed by atoms with Crippen molar-refractivity contribution in [3.8, 4) is 11.4 Å². The summed E-state index contributed by atoms with van der Waals surface area (Å²) in [6.45, 7) is 0. The van der Waals surface area contributed by atoms with Crippen molar-refractivity contribution in [3.05, 3.63) is 66.5 Å². The number of hydrogen-bond donors (Lipinski definition) is 1. The standard InChI is InChI=1S/C16H12FN9O/c17-14-6-5-13(26-10-19-22-24-26)8-15(14)20-16(27)7-11-1-3-12(4-2-11)25-9-18-21-23-25/h1-6,8-10H,7H2,(H,20,27). The monoisotopic (exact) mass is 365 g/mol. The molecule has 2 aromatic heterocycles. The van der Waals surface area contributed by atoms with Crippen LogP contribution in [-0.4, -0.2) is 46.3 Å². The Balaban J connectivity index is 1.46. The van der Waals surface area contributed by atoms with E-state index in [4.69, 9.17) is 0 Å². The zero-order valence-electron chi connectivity index (χ0n) is 13.8. The second kappa shape index (κ2) is 7.07. The predicted octanol–water partition coefficient (Wildman–Crippen LogP) is 0.958. The molecule has 0 aliphatic rings. The molecule has 0 fully saturated rings. The van der Waals surface area contributed by atoms with Crippen LogP contribution in [0.1, 0.15) is 5.56 Å². The minimum Gasteiger partial charge on any atom is -0.323 e. The molecule has 0 saturated carbocycles. The van der Waals surface area contributed by atoms with Crippen LogP contribution in [0.5, 0.6) is 0 Å². The summed E-state index contributed by atoms with van der Waals surface area (Å²) in [5, 5.41) is 24.3. The normalized spacial score (nSPS) is 10.7. The summed E-state index contributed by atoms with van der Waals surface area (Å²) in [5.74, 6) is -0.896. The fourth-order valence-electron chi connectivity index (χ4n) is 2.46. The highest BCUT2D eigenvalue weighted by Crippen LogP contribution is 2.19. The Morgan fingerprint density at radius 3 is 2.19 bits per heavy atom. The third kappa shape index (κ3) is 3.66. The molecule has 134 valence electrons. The molecule has 4 aromatic rings. The second-order valence-corrected chi connectivity index (χ2v) is 5.56. The maximum Gasteiger partial charge on any atom is 0.228 e. The zero-order valence-corrected chi connectivity index (χ0v) is 13.8. The van der Waals surface area contributed by atoms with Crippen LogP contribution in [0, 0.1) is 5.82 Å². The predicted molar refractivity (Wildman–Crippen MR) is 90.6 cm³/mol. The van der Waals surface area contributed by atoms with Gasteiger partial charge < -0.3 is 5.32 Å². The molecule has 0 spiro atoms. The van der Waals surface area contributed by atoms with Crippen molar-refractivity contribution in [1.82, 2.24) is 40.4 Å². The van der Waals surface area contributed by atoms with Crippen molar-refractivity contribution in [3.63, 3.8) is 0 Å². The van der Waals surface area contributed by atoms with Gasteiger partial charge in [0, 0.05) is 0 Å². The molecule has 0 aliphatic heterocycles. The van der Waals surface area contributed by atoms with Crippen molar-refractivity contribution >= 4 is 11.6 Å². The number of rotatable bonds is 5. The number of nitrogens with zero attached hydrogens (tertiary/aromatic N) is 8. The number of carbonyl (C=O) groups is 1. The number of hydrogen-bond acceptors (Lipinski definition) is 7. The number of halogens is 1. The number of nitrogens with one attached hydrogen (secondary N) is 1. The Hall–Kier alpha value is -4.02. The average molecular weight is 365 g/mol. The molecule has 27 heavy (non-hydrogen) atoms. The number of aromatic nitrogens is 8. The van der Waals surface area contributed by atoms with E-state index in [2.05, 4.69) is 36.4 Å². The molecular weight excluding hydrogens is 353 g/mol. The van der Waals surface area contributed by atoms with E-state index in [1.807, 2.05) is 0 Å². The second-order valence-electron chi connectivity index (χ2n) is 5.56. The first-order valence-corrected chi connectivity index (χ1v) is 7.84. The lowest BCUT2D eigenvalue weighted by atomic mass is 10.1. The Bertz CT molecular complexity index is 1050. The van der Waals surface area contributed by atoms with Crippen LogP contribution < -0.4 is 5.32 Å². The lowest BCUT2D eigenvalue weighted by molar-refractivity contribution is -0.115. The SMILES string of the molecule is O=C(Cc1ccc(-n2cnnn2)cc1)Nc1cc(-n2cnnn2)ccc1F. The number of tetrazole rings is 2. The van der Waals surface area contributed by atoms with Crippen LogP contribution in [0.15, 0.2) is 55.1 Å². The summed E-state index contributed by atoms with van der Waals surface area (Å²) in [4.78, 5) is 12.3. The molecule has 11 heteroatoms. The van der Waals surface area contributed by atoms with Gasteiger partial charge in [-0.05, 0) is 56.7 Å². The van der Waals surface area contributed by atoms with Crippen molar-refractivity contribution in [2.75, 3.05) is 5.32 Å². The maximum atomic E-state index is 14.0. The summed E-state index contributed by atoms with van der Waals surface area (Å²) in [6.07, 6.45) is 2.94. The van der Waals surface area contributed by atoms with Crippen LogP contribution in [-0.2, 0) is 11.2 Å². The molecule has 2 heterocycles. The van der Waals surface area contributed by atoms with Gasteiger partial charge in [0.2, 0.25) is 5.91 Å². The molecule has 1 N–H and O–H groups in total. The Morgan fingerprint density at radius 1 is 0.926 bits per heavy atom. The van der Waals surface area contributed by atoms with Crippen molar-refractivity contribution in [2.24, 2.45) is 0 Å². The van der Waals surface area contributed by atoms with Gasteiger partial charge >= 0.3 is 0 Å². The van der Waals surface area contributed by atoms with E-state index in [1.165, 1.54) is 40.2 Å². The van der Waals surface area contributed by atoms with Crippen LogP contribution in [0.25, 0.3) is 11.4 Å². The number of amides is 1. The molecule has 10 nitrogen and oxygen atoms in total. The molecule has 0 radical (unpaired) electrons. The third-order valence-corrected chi connectivity index (χ3v) is 3.75. The quantitative estimate of drug-likeness (QED) is 0.560. The number of benzene rings is 2. The molecule has 0 saturated heterocycles. The summed E-state index contributed by atoms with van der Waals surface area (Å²) < 4.78 is 16.9. The first kappa shape index (κ1) is 16.4. The van der Waals surface area contributed by atoms with E-state index >= 15 is 0 Å². The zero-order chi connectivity index (χ0) is 18.6. The van der Waals surface area contributed by atoms with Crippen LogP contribution in [0.2, 0.25) is 0 Å². The van der Waals surface area contributed by atoms with Crippen LogP contribution >= 0.6 is 0 Å². The van der Waals surface area contributed by atoms with E-state index in [-0.39, 0.29) is 18.0 Å². The third-order valence-electron chi connectivity index (χ3n) is 3.75. The van der Waals surface area contributed by atoms with E-state index in [9.17, 15) is 9.18 Å². The smallest absolute Gasteiger partial charge is 0.228 e. The van der Waals surface area contributed by atoms with Gasteiger partial charge in [-0.25, -0.2) is 13.8 Å². The largest absolute Gasteiger partial charge is 0.323 e. The summed E-state index contributed by atoms with van der Waals surface area (Å²) in [7, 11) is 0. The lowest BCUT2D eigenvalue weighted by Crippen LogP contribution is -2.15. The highest BCUT2D eigenvalue weighted by Gasteiger charge is 2.10. The van der Waals surface area contributed by atoms with E-state index < -0.39 is 5.82 Å². The number of carbonyl (C=O) groups excluding carboxylic acids is 1. The average Bonchev–Trinajstić information content (AvgIpc) is 3.38. The molecule has 0 atom stereocenters. The summed E-state index contributed by atoms with van der Waals surface area (Å²) in [5.41, 5.74) is 2.12. The number of anilines is 1. The highest BCUT2D eigenvalue weighted by atomic mass is 19.1. The fourth-order valence-corrected chi connectivity index (χ4v) is 2.46. The van der Waals surface area contributed by atoms with Crippen molar-refractivity contribution in [2.45, 2.75) is 6.42 Å². The minimum atomic E-state index is -0.547. The Labute approximate surface area is 151 Å². The molecule has 0 bridgehead atoms. The first-order chi connectivity index (χ1) is 13.2. The van der Waals surface area contributed by atoms with Crippen LogP contribution in [0.4, 0.5) is 10.1 Å².